The van der Waals surface area contributed by atoms with Crippen molar-refractivity contribution in [1.29, 1.82) is 0 Å². The van der Waals surface area contributed by atoms with Crippen molar-refractivity contribution in [1.82, 2.24) is 4.90 Å². The Morgan fingerprint density at radius 2 is 1.48 bits per heavy atom. The molecule has 6 rings (SSSR count). The molecule has 5 heteroatoms. The molecule has 4 aliphatic rings. The number of hydrogen-bond acceptors (Lipinski definition) is 4. The van der Waals surface area contributed by atoms with E-state index in [2.05, 4.69) is 93.4 Å². The Hall–Kier alpha value is -2.57. The second-order valence-corrected chi connectivity index (χ2v) is 13.8. The third kappa shape index (κ3) is 11.7. The summed E-state index contributed by atoms with van der Waals surface area (Å²) >= 11 is 2.12. The summed E-state index contributed by atoms with van der Waals surface area (Å²) in [6.07, 6.45) is 28.1. The van der Waals surface area contributed by atoms with Gasteiger partial charge in [-0.1, -0.05) is 57.7 Å². The number of para-hydroxylation sites is 1. The first-order valence-corrected chi connectivity index (χ1v) is 17.8. The zero-order valence-corrected chi connectivity index (χ0v) is 29.1. The number of unbranched alkanes of at least 4 members (excludes halogenated alkanes) is 2. The molecule has 0 spiro atoms. The summed E-state index contributed by atoms with van der Waals surface area (Å²) in [5.41, 5.74) is 3.49. The van der Waals surface area contributed by atoms with Gasteiger partial charge < -0.3 is 14.1 Å². The molecule has 2 aromatic rings. The number of aryl methyl sites for hydroxylation is 1. The second kappa shape index (κ2) is 20.5. The van der Waals surface area contributed by atoms with Crippen molar-refractivity contribution in [2.75, 3.05) is 77.2 Å². The molecule has 0 N–H and O–H groups in total. The van der Waals surface area contributed by atoms with Crippen molar-refractivity contribution >= 4 is 17.4 Å². The minimum atomic E-state index is 0.577. The Morgan fingerprint density at radius 3 is 2.05 bits per heavy atom. The molecule has 0 saturated carbocycles. The predicted molar refractivity (Wildman–Crippen MR) is 194 cm³/mol. The molecule has 3 saturated heterocycles. The van der Waals surface area contributed by atoms with Crippen LogP contribution in [0.1, 0.15) is 70.8 Å². The first kappa shape index (κ1) is 37.6. The number of benzene rings is 2. The number of hydrogen-bond donors (Lipinski definition) is 0. The summed E-state index contributed by atoms with van der Waals surface area (Å²) in [5, 5.41) is 0. The van der Waals surface area contributed by atoms with Gasteiger partial charge >= 0.3 is 0 Å². The van der Waals surface area contributed by atoms with Gasteiger partial charge in [0.15, 0.2) is 0 Å². The van der Waals surface area contributed by atoms with Crippen molar-refractivity contribution in [2.45, 2.75) is 76.5 Å². The van der Waals surface area contributed by atoms with Crippen molar-refractivity contribution in [3.63, 3.8) is 0 Å². The van der Waals surface area contributed by atoms with E-state index in [-0.39, 0.29) is 0 Å². The van der Waals surface area contributed by atoms with Crippen LogP contribution in [-0.4, -0.2) is 81.7 Å². The molecule has 4 heterocycles. The molecule has 0 radical (unpaired) electrons. The lowest BCUT2D eigenvalue weighted by Gasteiger charge is -2.50. The van der Waals surface area contributed by atoms with Gasteiger partial charge in [0, 0.05) is 56.5 Å². The molecular weight excluding hydrogens is 559 g/mol. The highest BCUT2D eigenvalue weighted by atomic mass is 32.2. The third-order valence-electron chi connectivity index (χ3n) is 9.60. The molecule has 2 aromatic carbocycles. The van der Waals surface area contributed by atoms with Crippen LogP contribution in [0.2, 0.25) is 0 Å². The maximum atomic E-state index is 5.78. The minimum Gasteiger partial charge on any atom is -0.493 e. The first-order valence-electron chi connectivity index (χ1n) is 16.8. The van der Waals surface area contributed by atoms with Gasteiger partial charge in [0.1, 0.15) is 5.75 Å². The quantitative estimate of drug-likeness (QED) is 0.135. The number of piperazine rings is 3. The van der Waals surface area contributed by atoms with Crippen LogP contribution in [0.5, 0.6) is 5.75 Å². The number of terminal acetylenes is 2. The summed E-state index contributed by atoms with van der Waals surface area (Å²) in [5.74, 6) is 2.32. The average Bonchev–Trinajstić information content (AvgIpc) is 3.28. The number of fused-ring (bicyclic) bond motifs is 4. The van der Waals surface area contributed by atoms with Crippen LogP contribution in [0.15, 0.2) is 53.4 Å². The maximum Gasteiger partial charge on any atom is 0.119 e. The second-order valence-electron chi connectivity index (χ2n) is 12.8. The Labute approximate surface area is 275 Å². The van der Waals surface area contributed by atoms with E-state index in [1.807, 2.05) is 30.3 Å². The highest BCUT2D eigenvalue weighted by molar-refractivity contribution is 7.99. The number of quaternary nitrogens is 1. The van der Waals surface area contributed by atoms with Crippen molar-refractivity contribution in [3.05, 3.63) is 54.1 Å². The number of anilines is 1. The molecule has 242 valence electrons. The van der Waals surface area contributed by atoms with Gasteiger partial charge in [0.2, 0.25) is 0 Å². The maximum absolute atomic E-state index is 5.78. The summed E-state index contributed by atoms with van der Waals surface area (Å²) in [6, 6.07) is 17.2. The first-order chi connectivity index (χ1) is 21.5. The van der Waals surface area contributed by atoms with Crippen LogP contribution in [-0.2, 0) is 6.42 Å². The Morgan fingerprint density at radius 1 is 0.864 bits per heavy atom. The van der Waals surface area contributed by atoms with Gasteiger partial charge in [-0.25, -0.2) is 0 Å². The lowest BCUT2D eigenvalue weighted by Crippen LogP contribution is -2.67. The lowest BCUT2D eigenvalue weighted by atomic mass is 9.75. The third-order valence-corrected chi connectivity index (χ3v) is 11.1. The van der Waals surface area contributed by atoms with Crippen LogP contribution >= 0.6 is 11.8 Å². The summed E-state index contributed by atoms with van der Waals surface area (Å²) in [7, 11) is 4.27. The Kier molecular flexibility index (Phi) is 17.5. The van der Waals surface area contributed by atoms with Gasteiger partial charge in [0.05, 0.1) is 32.8 Å². The topological polar surface area (TPSA) is 15.7 Å². The minimum absolute atomic E-state index is 0.577. The molecule has 4 aliphatic heterocycles. The molecule has 44 heavy (non-hydrogen) atoms. The van der Waals surface area contributed by atoms with E-state index in [0.717, 1.165) is 12.4 Å². The molecule has 0 aromatic heterocycles. The van der Waals surface area contributed by atoms with Gasteiger partial charge in [-0.2, -0.15) is 0 Å². The molecule has 0 atom stereocenters. The number of thioether (sulfide) groups is 1. The molecule has 0 unspecified atom stereocenters. The highest BCUT2D eigenvalue weighted by Crippen LogP contribution is 2.45. The van der Waals surface area contributed by atoms with Gasteiger partial charge in [-0.15, -0.1) is 37.5 Å². The SMILES string of the molecule is C#C.C#C.CCCCC1(CCCC)CCc2cc(N(C)C)ccc2SC1.c1ccc(OCCC[N+]23CCN(CC2)CC3)cc1. The van der Waals surface area contributed by atoms with E-state index < -0.39 is 0 Å². The van der Waals surface area contributed by atoms with Crippen LogP contribution in [0.3, 0.4) is 0 Å². The van der Waals surface area contributed by atoms with E-state index in [1.165, 1.54) is 124 Å². The Bertz CT molecular complexity index is 1060. The lowest BCUT2D eigenvalue weighted by molar-refractivity contribution is -0.941. The number of rotatable bonds is 12. The zero-order chi connectivity index (χ0) is 32.3. The Balaban J connectivity index is 0.000000279. The van der Waals surface area contributed by atoms with Crippen molar-refractivity contribution in [3.8, 4) is 31.4 Å². The number of ether oxygens (including phenoxy) is 1. The van der Waals surface area contributed by atoms with Gasteiger partial charge in [0.25, 0.3) is 0 Å². The van der Waals surface area contributed by atoms with Crippen LogP contribution < -0.4 is 9.64 Å². The largest absolute Gasteiger partial charge is 0.493 e. The molecule has 0 aliphatic carbocycles. The molecule has 2 bridgehead atoms. The van der Waals surface area contributed by atoms with Crippen LogP contribution in [0.25, 0.3) is 0 Å². The normalized spacial score (nSPS) is 21.0. The molecule has 0 amide bonds. The fraction of sp³-hybridized carbons (Fsp3) is 0.590. The van der Waals surface area contributed by atoms with Crippen LogP contribution in [0, 0.1) is 31.1 Å². The van der Waals surface area contributed by atoms with E-state index in [4.69, 9.17) is 4.74 Å². The van der Waals surface area contributed by atoms with E-state index in [1.54, 1.807) is 5.56 Å². The zero-order valence-electron chi connectivity index (χ0n) is 28.3. The van der Waals surface area contributed by atoms with Crippen molar-refractivity contribution in [2.24, 2.45) is 5.41 Å². The standard InChI is InChI=1S/C20H33NS.C15H23N2O.2C2H2/c1-5-7-12-20(13-8-6-2)14-11-17-15-18(21(3)4)9-10-19(17)22-16-20;1-2-5-15(6-3-1)18-14-4-10-17-11-7-16(8-12-17)9-13-17;2*1-2/h9-10,15H,5-8,11-14,16H2,1-4H3;1-3,5-6H,4,7-14H2;2*1-2H/q;+1;;. The summed E-state index contributed by atoms with van der Waals surface area (Å²) < 4.78 is 7.12. The van der Waals surface area contributed by atoms with Crippen LogP contribution in [0.4, 0.5) is 5.69 Å². The summed E-state index contributed by atoms with van der Waals surface area (Å²) in [4.78, 5) is 6.35. The predicted octanol–water partition coefficient (Wildman–Crippen LogP) is 8.26. The van der Waals surface area contributed by atoms with Crippen molar-refractivity contribution < 1.29 is 9.22 Å². The molecule has 4 nitrogen and oxygen atoms in total. The fourth-order valence-electron chi connectivity index (χ4n) is 6.68. The number of nitrogens with zero attached hydrogens (tertiary/aromatic N) is 3. The molecular formula is C39H60N3OS+. The monoisotopic (exact) mass is 618 g/mol. The average molecular weight is 619 g/mol. The van der Waals surface area contributed by atoms with Gasteiger partial charge in [-0.3, -0.25) is 4.90 Å². The van der Waals surface area contributed by atoms with E-state index >= 15 is 0 Å². The summed E-state index contributed by atoms with van der Waals surface area (Å²) in [6.45, 7) is 14.8. The van der Waals surface area contributed by atoms with Gasteiger partial charge in [-0.05, 0) is 67.0 Å². The smallest absolute Gasteiger partial charge is 0.119 e. The highest BCUT2D eigenvalue weighted by Gasteiger charge is 2.37. The molecule has 3 fully saturated rings. The van der Waals surface area contributed by atoms with E-state index in [9.17, 15) is 0 Å². The fourth-order valence-corrected chi connectivity index (χ4v) is 8.08. The van der Waals surface area contributed by atoms with E-state index in [0.29, 0.717) is 5.41 Å².